The predicted octanol–water partition coefficient (Wildman–Crippen LogP) is 2.13. The molecule has 1 unspecified atom stereocenters. The molecule has 2 N–H and O–H groups in total. The van der Waals surface area contributed by atoms with E-state index >= 15 is 0 Å². The molecule has 1 aromatic rings. The first-order valence-electron chi connectivity index (χ1n) is 10.8. The zero-order valence-electron chi connectivity index (χ0n) is 16.7. The third-order valence-electron chi connectivity index (χ3n) is 6.17. The zero-order chi connectivity index (χ0) is 19.6. The standard InChI is InChI=1S/C22H29N3O4/c26-22-21(19-14-28-8-1-7-23-19)18-12-15(24-16-4-9-29-13-16)2-3-20(18)25(22)17-5-10-27-11-6-17/h2-3,12,16-17,23-24H,1,4-11,13-14H2/b21-19-. The van der Waals surface area contributed by atoms with Gasteiger partial charge in [-0.25, -0.2) is 0 Å². The van der Waals surface area contributed by atoms with Crippen molar-refractivity contribution in [2.45, 2.75) is 37.8 Å². The van der Waals surface area contributed by atoms with Crippen LogP contribution in [-0.2, 0) is 19.0 Å². The van der Waals surface area contributed by atoms with Crippen LogP contribution in [-0.4, -0.2) is 64.2 Å². The van der Waals surface area contributed by atoms with Gasteiger partial charge in [-0.2, -0.15) is 0 Å². The number of hydrogen-bond acceptors (Lipinski definition) is 6. The monoisotopic (exact) mass is 399 g/mol. The van der Waals surface area contributed by atoms with Gasteiger partial charge in [-0.15, -0.1) is 0 Å². The number of ether oxygens (including phenoxy) is 3. The van der Waals surface area contributed by atoms with Crippen molar-refractivity contribution in [2.75, 3.05) is 56.4 Å². The van der Waals surface area contributed by atoms with Crippen LogP contribution >= 0.6 is 0 Å². The fourth-order valence-electron chi connectivity index (χ4n) is 4.66. The Morgan fingerprint density at radius 3 is 2.72 bits per heavy atom. The summed E-state index contributed by atoms with van der Waals surface area (Å²) in [5, 5.41) is 7.02. The highest BCUT2D eigenvalue weighted by Gasteiger charge is 2.39. The van der Waals surface area contributed by atoms with E-state index in [0.717, 1.165) is 80.3 Å². The Labute approximate surface area is 171 Å². The Bertz CT molecular complexity index is 787. The van der Waals surface area contributed by atoms with E-state index in [1.54, 1.807) is 0 Å². The van der Waals surface area contributed by atoms with Gasteiger partial charge >= 0.3 is 0 Å². The highest BCUT2D eigenvalue weighted by Crippen LogP contribution is 2.42. The number of nitrogens with one attached hydrogen (secondary N) is 2. The van der Waals surface area contributed by atoms with Gasteiger partial charge in [0.15, 0.2) is 0 Å². The maximum absolute atomic E-state index is 13.6. The smallest absolute Gasteiger partial charge is 0.261 e. The zero-order valence-corrected chi connectivity index (χ0v) is 16.7. The summed E-state index contributed by atoms with van der Waals surface area (Å²) in [7, 11) is 0. The molecule has 4 aliphatic rings. The fraction of sp³-hybridized carbons (Fsp3) is 0.591. The quantitative estimate of drug-likeness (QED) is 0.759. The first-order chi connectivity index (χ1) is 14.3. The second-order valence-electron chi connectivity index (χ2n) is 8.14. The number of anilines is 2. The lowest BCUT2D eigenvalue weighted by molar-refractivity contribution is -0.113. The van der Waals surface area contributed by atoms with Gasteiger partial charge in [0.05, 0.1) is 36.2 Å². The maximum Gasteiger partial charge on any atom is 0.261 e. The number of benzene rings is 1. The number of fused-ring (bicyclic) bond motifs is 1. The summed E-state index contributed by atoms with van der Waals surface area (Å²) in [6.07, 6.45) is 3.70. The summed E-state index contributed by atoms with van der Waals surface area (Å²) in [6.45, 7) is 4.95. The maximum atomic E-state index is 13.6. The summed E-state index contributed by atoms with van der Waals surface area (Å²) in [5.74, 6) is 0.0845. The van der Waals surface area contributed by atoms with E-state index in [9.17, 15) is 4.79 Å². The van der Waals surface area contributed by atoms with Gasteiger partial charge in [0.2, 0.25) is 0 Å². The molecule has 0 saturated carbocycles. The highest BCUT2D eigenvalue weighted by atomic mass is 16.5. The molecule has 156 valence electrons. The van der Waals surface area contributed by atoms with Crippen molar-refractivity contribution < 1.29 is 19.0 Å². The minimum absolute atomic E-state index is 0.0845. The van der Waals surface area contributed by atoms with E-state index in [-0.39, 0.29) is 11.9 Å². The molecule has 0 aromatic heterocycles. The molecule has 0 aliphatic carbocycles. The van der Waals surface area contributed by atoms with Crippen LogP contribution in [0.4, 0.5) is 11.4 Å². The van der Waals surface area contributed by atoms with Gasteiger partial charge in [-0.3, -0.25) is 4.79 Å². The summed E-state index contributed by atoms with van der Waals surface area (Å²) < 4.78 is 16.8. The van der Waals surface area contributed by atoms with Crippen LogP contribution in [0.2, 0.25) is 0 Å². The summed E-state index contributed by atoms with van der Waals surface area (Å²) >= 11 is 0. The van der Waals surface area contributed by atoms with Crippen LogP contribution in [0.3, 0.4) is 0 Å². The molecule has 5 rings (SSSR count). The Kier molecular flexibility index (Phi) is 5.44. The van der Waals surface area contributed by atoms with E-state index < -0.39 is 0 Å². The van der Waals surface area contributed by atoms with Crippen LogP contribution in [0, 0.1) is 0 Å². The molecule has 3 saturated heterocycles. The molecule has 0 radical (unpaired) electrons. The molecule has 4 heterocycles. The van der Waals surface area contributed by atoms with E-state index in [1.165, 1.54) is 0 Å². The molecule has 4 aliphatic heterocycles. The van der Waals surface area contributed by atoms with Gasteiger partial charge in [-0.05, 0) is 43.9 Å². The van der Waals surface area contributed by atoms with Crippen molar-refractivity contribution in [1.82, 2.24) is 5.32 Å². The molecule has 7 heteroatoms. The first kappa shape index (κ1) is 18.9. The summed E-state index contributed by atoms with van der Waals surface area (Å²) in [5.41, 5.74) is 4.71. The normalized spacial score (nSPS) is 28.2. The minimum atomic E-state index is 0.0845. The molecular weight excluding hydrogens is 370 g/mol. The van der Waals surface area contributed by atoms with Crippen molar-refractivity contribution in [1.29, 1.82) is 0 Å². The number of carbonyl (C=O) groups is 1. The van der Waals surface area contributed by atoms with Crippen molar-refractivity contribution in [3.63, 3.8) is 0 Å². The van der Waals surface area contributed by atoms with E-state index in [2.05, 4.69) is 28.8 Å². The van der Waals surface area contributed by atoms with Gasteiger partial charge < -0.3 is 29.7 Å². The van der Waals surface area contributed by atoms with Gasteiger partial charge in [0.1, 0.15) is 0 Å². The average molecular weight is 399 g/mol. The number of amides is 1. The molecule has 29 heavy (non-hydrogen) atoms. The number of carbonyl (C=O) groups excluding carboxylic acids is 1. The van der Waals surface area contributed by atoms with Crippen molar-refractivity contribution in [3.05, 3.63) is 29.5 Å². The Balaban J connectivity index is 1.53. The third kappa shape index (κ3) is 3.74. The van der Waals surface area contributed by atoms with Gasteiger partial charge in [0.25, 0.3) is 5.91 Å². The minimum Gasteiger partial charge on any atom is -0.386 e. The van der Waals surface area contributed by atoms with Crippen molar-refractivity contribution in [3.8, 4) is 0 Å². The average Bonchev–Trinajstić information content (AvgIpc) is 3.25. The van der Waals surface area contributed by atoms with Crippen molar-refractivity contribution in [2.24, 2.45) is 0 Å². The Hall–Kier alpha value is -2.09. The topological polar surface area (TPSA) is 72.1 Å². The van der Waals surface area contributed by atoms with Crippen LogP contribution in [0.15, 0.2) is 23.9 Å². The molecule has 3 fully saturated rings. The lowest BCUT2D eigenvalue weighted by Crippen LogP contribution is -2.41. The lowest BCUT2D eigenvalue weighted by Gasteiger charge is -2.31. The second-order valence-corrected chi connectivity index (χ2v) is 8.14. The van der Waals surface area contributed by atoms with Crippen LogP contribution in [0.1, 0.15) is 31.2 Å². The number of hydrogen-bond donors (Lipinski definition) is 2. The summed E-state index contributed by atoms with van der Waals surface area (Å²) in [6, 6.07) is 6.81. The van der Waals surface area contributed by atoms with E-state index in [1.807, 2.05) is 4.90 Å². The Morgan fingerprint density at radius 1 is 1.03 bits per heavy atom. The van der Waals surface area contributed by atoms with E-state index in [0.29, 0.717) is 25.9 Å². The molecular formula is C22H29N3O4. The molecule has 1 amide bonds. The van der Waals surface area contributed by atoms with Gasteiger partial charge in [0, 0.05) is 50.3 Å². The van der Waals surface area contributed by atoms with Crippen LogP contribution in [0.25, 0.3) is 5.57 Å². The lowest BCUT2D eigenvalue weighted by atomic mass is 10.0. The Morgan fingerprint density at radius 2 is 1.90 bits per heavy atom. The SMILES string of the molecule is O=C1/C(=C2/COCCCN2)c2cc(NC3CCOC3)ccc2N1C1CCOCC1. The molecule has 0 spiro atoms. The van der Waals surface area contributed by atoms with E-state index in [4.69, 9.17) is 14.2 Å². The highest BCUT2D eigenvalue weighted by molar-refractivity contribution is 6.33. The third-order valence-corrected chi connectivity index (χ3v) is 6.17. The molecule has 1 aromatic carbocycles. The molecule has 0 bridgehead atoms. The number of nitrogens with zero attached hydrogens (tertiary/aromatic N) is 1. The second kappa shape index (κ2) is 8.34. The van der Waals surface area contributed by atoms with Crippen LogP contribution in [0.5, 0.6) is 0 Å². The predicted molar refractivity (Wildman–Crippen MR) is 111 cm³/mol. The largest absolute Gasteiger partial charge is 0.386 e. The number of rotatable bonds is 3. The van der Waals surface area contributed by atoms with Gasteiger partial charge in [-0.1, -0.05) is 0 Å². The van der Waals surface area contributed by atoms with Crippen LogP contribution < -0.4 is 15.5 Å². The first-order valence-corrected chi connectivity index (χ1v) is 10.8. The molecule has 1 atom stereocenters. The summed E-state index contributed by atoms with van der Waals surface area (Å²) in [4.78, 5) is 15.6. The molecule has 7 nitrogen and oxygen atoms in total. The fourth-order valence-corrected chi connectivity index (χ4v) is 4.66. The van der Waals surface area contributed by atoms with Crippen molar-refractivity contribution >= 4 is 22.9 Å².